The van der Waals surface area contributed by atoms with Crippen molar-refractivity contribution in [3.8, 4) is 0 Å². The molecule has 0 saturated heterocycles. The molecule has 0 radical (unpaired) electrons. The van der Waals surface area contributed by atoms with Gasteiger partial charge in [-0.05, 0) is 20.9 Å². The number of nitrogens with one attached hydrogen (secondary N) is 1. The van der Waals surface area contributed by atoms with Crippen LogP contribution >= 0.6 is 11.3 Å². The van der Waals surface area contributed by atoms with Gasteiger partial charge in [-0.1, -0.05) is 5.16 Å². The number of thiazole rings is 1. The molecule has 17 heavy (non-hydrogen) atoms. The van der Waals surface area contributed by atoms with Crippen LogP contribution < -0.4 is 5.32 Å². The van der Waals surface area contributed by atoms with Gasteiger partial charge in [0.25, 0.3) is 0 Å². The van der Waals surface area contributed by atoms with Gasteiger partial charge >= 0.3 is 0 Å². The number of rotatable bonds is 5. The van der Waals surface area contributed by atoms with Crippen molar-refractivity contribution in [2.24, 2.45) is 0 Å². The summed E-state index contributed by atoms with van der Waals surface area (Å²) in [7, 11) is 1.92. The zero-order valence-electron chi connectivity index (χ0n) is 10.2. The number of hydrogen-bond donors (Lipinski definition) is 1. The molecule has 6 heteroatoms. The minimum absolute atomic E-state index is 0.338. The summed E-state index contributed by atoms with van der Waals surface area (Å²) in [5.41, 5.74) is 1.04. The molecule has 5 nitrogen and oxygen atoms in total. The van der Waals surface area contributed by atoms with Crippen LogP contribution in [0.5, 0.6) is 0 Å². The molecule has 1 unspecified atom stereocenters. The van der Waals surface area contributed by atoms with Crippen molar-refractivity contribution < 1.29 is 4.52 Å². The predicted molar refractivity (Wildman–Crippen MR) is 66.2 cm³/mol. The lowest BCUT2D eigenvalue weighted by Crippen LogP contribution is -2.23. The topological polar surface area (TPSA) is 63.8 Å². The number of aromatic nitrogens is 3. The van der Waals surface area contributed by atoms with Gasteiger partial charge in [-0.15, -0.1) is 11.3 Å². The molecule has 1 atom stereocenters. The summed E-state index contributed by atoms with van der Waals surface area (Å²) in [6, 6.07) is 0.338. The van der Waals surface area contributed by atoms with E-state index in [2.05, 4.69) is 27.4 Å². The summed E-state index contributed by atoms with van der Waals surface area (Å²) in [4.78, 5) is 8.73. The van der Waals surface area contributed by atoms with Crippen molar-refractivity contribution in [2.45, 2.75) is 32.7 Å². The molecular formula is C11H16N4OS. The fraction of sp³-hybridized carbons (Fsp3) is 0.545. The second-order valence-electron chi connectivity index (χ2n) is 4.06. The Kier molecular flexibility index (Phi) is 3.86. The Balaban J connectivity index is 1.98. The smallest absolute Gasteiger partial charge is 0.228 e. The van der Waals surface area contributed by atoms with Gasteiger partial charge in [0, 0.05) is 23.5 Å². The number of nitrogens with zero attached hydrogens (tertiary/aromatic N) is 3. The third-order valence-corrected chi connectivity index (χ3v) is 3.43. The fourth-order valence-electron chi connectivity index (χ4n) is 1.43. The first kappa shape index (κ1) is 12.2. The van der Waals surface area contributed by atoms with Crippen molar-refractivity contribution in [1.82, 2.24) is 20.4 Å². The first-order chi connectivity index (χ1) is 8.17. The lowest BCUT2D eigenvalue weighted by Gasteiger charge is -2.04. The summed E-state index contributed by atoms with van der Waals surface area (Å²) in [5, 5.41) is 10.2. The second-order valence-corrected chi connectivity index (χ2v) is 5.00. The molecule has 0 aliphatic rings. The molecule has 2 aromatic heterocycles. The maximum absolute atomic E-state index is 5.19. The van der Waals surface area contributed by atoms with Crippen LogP contribution in [0.15, 0.2) is 9.90 Å². The Bertz CT molecular complexity index is 479. The van der Waals surface area contributed by atoms with E-state index < -0.39 is 0 Å². The molecule has 0 saturated carbocycles. The second kappa shape index (κ2) is 5.37. The van der Waals surface area contributed by atoms with Crippen LogP contribution in [0.1, 0.15) is 29.3 Å². The van der Waals surface area contributed by atoms with Crippen molar-refractivity contribution in [2.75, 3.05) is 7.05 Å². The van der Waals surface area contributed by atoms with Gasteiger partial charge in [-0.25, -0.2) is 4.98 Å². The number of aryl methyl sites for hydroxylation is 1. The molecule has 0 bridgehead atoms. The van der Waals surface area contributed by atoms with E-state index >= 15 is 0 Å². The molecular weight excluding hydrogens is 236 g/mol. The molecule has 2 aromatic rings. The summed E-state index contributed by atoms with van der Waals surface area (Å²) in [6.45, 7) is 4.06. The van der Waals surface area contributed by atoms with E-state index in [4.69, 9.17) is 4.52 Å². The van der Waals surface area contributed by atoms with E-state index in [9.17, 15) is 0 Å². The average Bonchev–Trinajstić information content (AvgIpc) is 2.89. The van der Waals surface area contributed by atoms with Crippen molar-refractivity contribution in [3.63, 3.8) is 0 Å². The van der Waals surface area contributed by atoms with Crippen molar-refractivity contribution in [1.29, 1.82) is 0 Å². The van der Waals surface area contributed by atoms with Crippen molar-refractivity contribution in [3.05, 3.63) is 27.8 Å². The van der Waals surface area contributed by atoms with Gasteiger partial charge in [0.1, 0.15) is 5.01 Å². The molecule has 1 N–H and O–H groups in total. The molecule has 92 valence electrons. The third kappa shape index (κ3) is 3.34. The minimum Gasteiger partial charge on any atom is -0.339 e. The number of likely N-dealkylation sites (N-methyl/N-ethyl adjacent to an activating group) is 1. The summed E-state index contributed by atoms with van der Waals surface area (Å²) >= 11 is 1.63. The van der Waals surface area contributed by atoms with E-state index in [1.165, 1.54) is 0 Å². The molecule has 0 aliphatic heterocycles. The van der Waals surface area contributed by atoms with E-state index in [-0.39, 0.29) is 0 Å². The van der Waals surface area contributed by atoms with Crippen LogP contribution in [0, 0.1) is 6.92 Å². The minimum atomic E-state index is 0.338. The average molecular weight is 252 g/mol. The lowest BCUT2D eigenvalue weighted by atomic mass is 10.2. The molecule has 0 spiro atoms. The van der Waals surface area contributed by atoms with Crippen LogP contribution in [0.25, 0.3) is 0 Å². The zero-order chi connectivity index (χ0) is 12.3. The van der Waals surface area contributed by atoms with Gasteiger partial charge in [-0.2, -0.15) is 4.98 Å². The molecule has 0 aromatic carbocycles. The Labute approximate surface area is 104 Å². The van der Waals surface area contributed by atoms with Gasteiger partial charge in [0.15, 0.2) is 5.82 Å². The van der Waals surface area contributed by atoms with Crippen molar-refractivity contribution >= 4 is 11.3 Å². The summed E-state index contributed by atoms with van der Waals surface area (Å²) < 4.78 is 5.19. The zero-order valence-corrected chi connectivity index (χ0v) is 11.0. The fourth-order valence-corrected chi connectivity index (χ4v) is 2.20. The van der Waals surface area contributed by atoms with Gasteiger partial charge in [0.2, 0.25) is 5.89 Å². The normalized spacial score (nSPS) is 12.9. The maximum Gasteiger partial charge on any atom is 0.228 e. The van der Waals surface area contributed by atoms with Gasteiger partial charge < -0.3 is 9.84 Å². The largest absolute Gasteiger partial charge is 0.339 e. The van der Waals surface area contributed by atoms with Crippen LogP contribution in [-0.4, -0.2) is 28.2 Å². The monoisotopic (exact) mass is 252 g/mol. The Morgan fingerprint density at radius 3 is 2.94 bits per heavy atom. The summed E-state index contributed by atoms with van der Waals surface area (Å²) in [6.07, 6.45) is 1.40. The maximum atomic E-state index is 5.19. The molecule has 0 aliphatic carbocycles. The highest BCUT2D eigenvalue weighted by Gasteiger charge is 2.11. The lowest BCUT2D eigenvalue weighted by molar-refractivity contribution is 0.361. The first-order valence-corrected chi connectivity index (χ1v) is 6.45. The highest BCUT2D eigenvalue weighted by Crippen LogP contribution is 2.12. The Morgan fingerprint density at radius 2 is 2.29 bits per heavy atom. The molecule has 0 amide bonds. The Morgan fingerprint density at radius 1 is 1.47 bits per heavy atom. The van der Waals surface area contributed by atoms with Gasteiger partial charge in [-0.3, -0.25) is 0 Å². The Hall–Kier alpha value is -1.27. The highest BCUT2D eigenvalue weighted by molar-refractivity contribution is 7.09. The van der Waals surface area contributed by atoms with E-state index in [1.807, 2.05) is 19.4 Å². The third-order valence-electron chi connectivity index (χ3n) is 2.46. The molecule has 2 heterocycles. The van der Waals surface area contributed by atoms with Crippen LogP contribution in [0.4, 0.5) is 0 Å². The molecule has 0 fully saturated rings. The standard InChI is InChI=1S/C11H16N4OS/c1-7(12-3)4-10-14-9(15-16-10)5-11-13-8(2)6-17-11/h6-7,12H,4-5H2,1-3H3. The quantitative estimate of drug-likeness (QED) is 0.875. The first-order valence-electron chi connectivity index (χ1n) is 5.57. The van der Waals surface area contributed by atoms with E-state index in [0.29, 0.717) is 24.2 Å². The van der Waals surface area contributed by atoms with Crippen LogP contribution in [0.3, 0.4) is 0 Å². The van der Waals surface area contributed by atoms with E-state index in [0.717, 1.165) is 17.1 Å². The van der Waals surface area contributed by atoms with Crippen LogP contribution in [0.2, 0.25) is 0 Å². The van der Waals surface area contributed by atoms with Gasteiger partial charge in [0.05, 0.1) is 6.42 Å². The highest BCUT2D eigenvalue weighted by atomic mass is 32.1. The number of hydrogen-bond acceptors (Lipinski definition) is 6. The molecule has 2 rings (SSSR count). The SMILES string of the molecule is CNC(C)Cc1nc(Cc2nc(C)cs2)no1. The van der Waals surface area contributed by atoms with Crippen LogP contribution in [-0.2, 0) is 12.8 Å². The summed E-state index contributed by atoms with van der Waals surface area (Å²) in [5.74, 6) is 1.38. The van der Waals surface area contributed by atoms with E-state index in [1.54, 1.807) is 11.3 Å². The predicted octanol–water partition coefficient (Wildman–Crippen LogP) is 1.58.